The van der Waals surface area contributed by atoms with Gasteiger partial charge < -0.3 is 15.5 Å². The third-order valence-electron chi connectivity index (χ3n) is 5.37. The van der Waals surface area contributed by atoms with E-state index in [2.05, 4.69) is 36.3 Å². The molecular weight excluding hydrogens is 398 g/mol. The number of carbonyl (C=O) groups excluding carboxylic acids is 2. The average Bonchev–Trinajstić information content (AvgIpc) is 2.81. The molecule has 0 unspecified atom stereocenters. The molecule has 5 nitrogen and oxygen atoms in total. The molecule has 0 aliphatic rings. The van der Waals surface area contributed by atoms with Crippen LogP contribution in [0.25, 0.3) is 0 Å². The maximum atomic E-state index is 13.1. The zero-order valence-electron chi connectivity index (χ0n) is 18.9. The lowest BCUT2D eigenvalue weighted by Crippen LogP contribution is -2.45. The number of benzene rings is 3. The number of rotatable bonds is 9. The topological polar surface area (TPSA) is 61.4 Å². The Hall–Kier alpha value is -3.60. The molecule has 2 amide bonds. The van der Waals surface area contributed by atoms with Crippen LogP contribution in [0, 0.1) is 0 Å². The molecule has 0 saturated heterocycles. The molecule has 0 aliphatic heterocycles. The highest BCUT2D eigenvalue weighted by atomic mass is 16.2. The van der Waals surface area contributed by atoms with E-state index in [1.165, 1.54) is 0 Å². The lowest BCUT2D eigenvalue weighted by atomic mass is 10.0. The second-order valence-electron chi connectivity index (χ2n) is 8.00. The number of hydrogen-bond donors (Lipinski definition) is 2. The van der Waals surface area contributed by atoms with Crippen LogP contribution in [-0.2, 0) is 11.2 Å². The van der Waals surface area contributed by atoms with E-state index in [0.29, 0.717) is 23.7 Å². The van der Waals surface area contributed by atoms with Gasteiger partial charge in [-0.15, -0.1) is 0 Å². The zero-order chi connectivity index (χ0) is 22.9. The molecular formula is C27H31N3O2. The van der Waals surface area contributed by atoms with Gasteiger partial charge in [0.15, 0.2) is 0 Å². The highest BCUT2D eigenvalue weighted by Gasteiger charge is 2.22. The van der Waals surface area contributed by atoms with E-state index in [1.54, 1.807) is 24.3 Å². The first-order chi connectivity index (χ1) is 15.5. The van der Waals surface area contributed by atoms with E-state index in [1.807, 2.05) is 60.7 Å². The molecule has 32 heavy (non-hydrogen) atoms. The average molecular weight is 430 g/mol. The van der Waals surface area contributed by atoms with Crippen molar-refractivity contribution in [1.29, 1.82) is 0 Å². The summed E-state index contributed by atoms with van der Waals surface area (Å²) in [4.78, 5) is 28.1. The van der Waals surface area contributed by atoms with Gasteiger partial charge in [-0.2, -0.15) is 0 Å². The molecule has 5 heteroatoms. The van der Waals surface area contributed by atoms with Crippen LogP contribution in [0.2, 0.25) is 0 Å². The second-order valence-corrected chi connectivity index (χ2v) is 8.00. The summed E-state index contributed by atoms with van der Waals surface area (Å²) in [6.45, 7) is 7.35. The fraction of sp³-hybridized carbons (Fsp3) is 0.259. The monoisotopic (exact) mass is 429 g/mol. The molecule has 0 spiro atoms. The normalized spacial score (nSPS) is 11.6. The third-order valence-corrected chi connectivity index (χ3v) is 5.37. The Morgan fingerprint density at radius 2 is 1.44 bits per heavy atom. The van der Waals surface area contributed by atoms with Crippen molar-refractivity contribution in [3.8, 4) is 0 Å². The molecule has 2 N–H and O–H groups in total. The molecule has 0 bridgehead atoms. The Morgan fingerprint density at radius 1 is 0.844 bits per heavy atom. The van der Waals surface area contributed by atoms with E-state index in [-0.39, 0.29) is 11.8 Å². The van der Waals surface area contributed by atoms with E-state index in [0.717, 1.165) is 17.8 Å². The Morgan fingerprint density at radius 3 is 2.00 bits per heavy atom. The first-order valence-corrected chi connectivity index (χ1v) is 11.0. The molecule has 0 aromatic heterocycles. The summed E-state index contributed by atoms with van der Waals surface area (Å²) in [5.41, 5.74) is 3.31. The van der Waals surface area contributed by atoms with Gasteiger partial charge >= 0.3 is 0 Å². The second kappa shape index (κ2) is 11.1. The van der Waals surface area contributed by atoms with Gasteiger partial charge in [-0.05, 0) is 62.7 Å². The summed E-state index contributed by atoms with van der Waals surface area (Å²) in [5, 5.41) is 5.86. The maximum Gasteiger partial charge on any atom is 0.251 e. The van der Waals surface area contributed by atoms with Crippen molar-refractivity contribution in [2.75, 3.05) is 16.8 Å². The lowest BCUT2D eigenvalue weighted by molar-refractivity contribution is -0.118. The van der Waals surface area contributed by atoms with Gasteiger partial charge in [0.05, 0.1) is 0 Å². The van der Waals surface area contributed by atoms with Crippen LogP contribution in [0.4, 0.5) is 11.4 Å². The SMILES string of the molecule is CCN(c1ccc(NC(=O)[C@@H](Cc2ccccc2)NC(=O)c2ccccc2)cc1)C(C)C. The Bertz CT molecular complexity index is 1000. The van der Waals surface area contributed by atoms with Crippen molar-refractivity contribution in [2.45, 2.75) is 39.3 Å². The Labute approximate surface area is 190 Å². The summed E-state index contributed by atoms with van der Waals surface area (Å²) >= 11 is 0. The molecule has 166 valence electrons. The number of anilines is 2. The summed E-state index contributed by atoms with van der Waals surface area (Å²) in [7, 11) is 0. The Kier molecular flexibility index (Phi) is 8.03. The Balaban J connectivity index is 1.75. The highest BCUT2D eigenvalue weighted by Crippen LogP contribution is 2.20. The number of nitrogens with zero attached hydrogens (tertiary/aromatic N) is 1. The van der Waals surface area contributed by atoms with Crippen LogP contribution in [0.1, 0.15) is 36.7 Å². The van der Waals surface area contributed by atoms with Crippen LogP contribution in [-0.4, -0.2) is 30.4 Å². The molecule has 0 aliphatic carbocycles. The summed E-state index contributed by atoms with van der Waals surface area (Å²) in [6.07, 6.45) is 0.403. The molecule has 3 aromatic carbocycles. The van der Waals surface area contributed by atoms with Crippen LogP contribution in [0.15, 0.2) is 84.9 Å². The maximum absolute atomic E-state index is 13.1. The van der Waals surface area contributed by atoms with Crippen molar-refractivity contribution in [2.24, 2.45) is 0 Å². The minimum absolute atomic E-state index is 0.248. The van der Waals surface area contributed by atoms with E-state index < -0.39 is 6.04 Å². The standard InChI is InChI=1S/C27H31N3O2/c1-4-30(20(2)3)24-17-15-23(16-18-24)28-27(32)25(19-21-11-7-5-8-12-21)29-26(31)22-13-9-6-10-14-22/h5-18,20,25H,4,19H2,1-3H3,(H,28,32)(H,29,31)/t25-/m1/s1. The van der Waals surface area contributed by atoms with Gasteiger partial charge in [-0.1, -0.05) is 48.5 Å². The number of hydrogen-bond acceptors (Lipinski definition) is 3. The minimum atomic E-state index is -0.701. The van der Waals surface area contributed by atoms with Crippen LogP contribution in [0.5, 0.6) is 0 Å². The van der Waals surface area contributed by atoms with Gasteiger partial charge in [0.1, 0.15) is 6.04 Å². The molecule has 0 heterocycles. The first kappa shape index (κ1) is 23.1. The highest BCUT2D eigenvalue weighted by molar-refractivity contribution is 6.01. The van der Waals surface area contributed by atoms with Gasteiger partial charge in [0, 0.05) is 35.9 Å². The molecule has 1 atom stereocenters. The predicted octanol–water partition coefficient (Wildman–Crippen LogP) is 4.90. The van der Waals surface area contributed by atoms with Crippen LogP contribution < -0.4 is 15.5 Å². The largest absolute Gasteiger partial charge is 0.369 e. The van der Waals surface area contributed by atoms with Crippen molar-refractivity contribution >= 4 is 23.2 Å². The molecule has 0 radical (unpaired) electrons. The fourth-order valence-electron chi connectivity index (χ4n) is 3.70. The van der Waals surface area contributed by atoms with Crippen LogP contribution in [0.3, 0.4) is 0 Å². The van der Waals surface area contributed by atoms with Gasteiger partial charge in [0.2, 0.25) is 5.91 Å². The number of nitrogens with one attached hydrogen (secondary N) is 2. The number of carbonyl (C=O) groups is 2. The molecule has 0 saturated carbocycles. The molecule has 3 aromatic rings. The minimum Gasteiger partial charge on any atom is -0.369 e. The van der Waals surface area contributed by atoms with E-state index >= 15 is 0 Å². The van der Waals surface area contributed by atoms with Gasteiger partial charge in [-0.3, -0.25) is 9.59 Å². The van der Waals surface area contributed by atoms with Crippen LogP contribution >= 0.6 is 0 Å². The molecule has 3 rings (SSSR count). The lowest BCUT2D eigenvalue weighted by Gasteiger charge is -2.27. The third kappa shape index (κ3) is 6.20. The summed E-state index contributed by atoms with van der Waals surface area (Å²) in [5.74, 6) is -0.519. The van der Waals surface area contributed by atoms with Crippen molar-refractivity contribution in [3.63, 3.8) is 0 Å². The first-order valence-electron chi connectivity index (χ1n) is 11.0. The van der Waals surface area contributed by atoms with Gasteiger partial charge in [0.25, 0.3) is 5.91 Å². The predicted molar refractivity (Wildman–Crippen MR) is 131 cm³/mol. The molecule has 0 fully saturated rings. The van der Waals surface area contributed by atoms with Gasteiger partial charge in [-0.25, -0.2) is 0 Å². The quantitative estimate of drug-likeness (QED) is 0.509. The zero-order valence-corrected chi connectivity index (χ0v) is 18.9. The van der Waals surface area contributed by atoms with Crippen molar-refractivity contribution in [1.82, 2.24) is 5.32 Å². The fourth-order valence-corrected chi connectivity index (χ4v) is 3.70. The number of amides is 2. The van der Waals surface area contributed by atoms with E-state index in [4.69, 9.17) is 0 Å². The summed E-state index contributed by atoms with van der Waals surface area (Å²) in [6, 6.07) is 26.1. The van der Waals surface area contributed by atoms with Crippen molar-refractivity contribution < 1.29 is 9.59 Å². The smallest absolute Gasteiger partial charge is 0.251 e. The van der Waals surface area contributed by atoms with Crippen molar-refractivity contribution in [3.05, 3.63) is 96.1 Å². The summed E-state index contributed by atoms with van der Waals surface area (Å²) < 4.78 is 0. The van der Waals surface area contributed by atoms with E-state index in [9.17, 15) is 9.59 Å².